The number of fused-ring (bicyclic) bond motifs is 1. The van der Waals surface area contributed by atoms with Gasteiger partial charge in [0.2, 0.25) is 5.95 Å². The van der Waals surface area contributed by atoms with Crippen LogP contribution < -0.4 is 10.6 Å². The second-order valence-corrected chi connectivity index (χ2v) is 10.6. The molecule has 204 valence electrons. The number of aromatic nitrogens is 4. The van der Waals surface area contributed by atoms with Crippen LogP contribution >= 0.6 is 11.3 Å². The van der Waals surface area contributed by atoms with Crippen LogP contribution in [0.5, 0.6) is 0 Å². The molecule has 6 rings (SSSR count). The van der Waals surface area contributed by atoms with E-state index < -0.39 is 0 Å². The summed E-state index contributed by atoms with van der Waals surface area (Å²) >= 11 is 1.61. The molecule has 0 atom stereocenters. The summed E-state index contributed by atoms with van der Waals surface area (Å²) in [5, 5.41) is 24.5. The molecule has 5 aromatic rings. The van der Waals surface area contributed by atoms with Crippen molar-refractivity contribution in [1.82, 2.24) is 19.9 Å². The van der Waals surface area contributed by atoms with Crippen LogP contribution in [-0.4, -0.2) is 48.8 Å². The Labute approximate surface area is 236 Å². The summed E-state index contributed by atoms with van der Waals surface area (Å²) < 4.78 is 1.11. The average Bonchev–Trinajstić information content (AvgIpc) is 3.37. The van der Waals surface area contributed by atoms with Crippen LogP contribution in [0, 0.1) is 0 Å². The van der Waals surface area contributed by atoms with E-state index in [0.29, 0.717) is 18.2 Å². The van der Waals surface area contributed by atoms with E-state index in [1.165, 1.54) is 5.56 Å². The van der Waals surface area contributed by atoms with Crippen LogP contribution in [0.25, 0.3) is 21.3 Å². The van der Waals surface area contributed by atoms with Gasteiger partial charge in [0, 0.05) is 30.9 Å². The molecule has 0 spiro atoms. The van der Waals surface area contributed by atoms with E-state index in [9.17, 15) is 5.11 Å². The number of pyridine rings is 1. The third-order valence-electron chi connectivity index (χ3n) is 6.67. The molecule has 0 amide bonds. The molecule has 10 heteroatoms. The number of carbonyl (C=O) groups is 1. The maximum atomic E-state index is 9.87. The standard InChI is InChI=1S/C29H28N6OS.CH2O2/c36-24-9-7-22(8-10-24)31-28-32-23(16-19-4-2-1-3-5-19)18-27(34-28)35-29-33-25-11-6-21(17-26(25)37-29)20-12-14-30-15-13-20;2-1-3/h1-6,11-15,17-18,22,24,36H,7-10,16H2,(H2,31,32,33,34,35);1H,(H,2,3)/t22-,24-;. The first-order valence-corrected chi connectivity index (χ1v) is 13.9. The number of hydrogen-bond donors (Lipinski definition) is 4. The molecular formula is C30H30N6O3S. The zero-order valence-electron chi connectivity index (χ0n) is 21.8. The molecule has 0 saturated heterocycles. The van der Waals surface area contributed by atoms with Gasteiger partial charge in [-0.05, 0) is 66.6 Å². The van der Waals surface area contributed by atoms with Crippen molar-refractivity contribution in [2.75, 3.05) is 10.6 Å². The minimum Gasteiger partial charge on any atom is -0.483 e. The summed E-state index contributed by atoms with van der Waals surface area (Å²) in [5.41, 5.74) is 5.35. The minimum atomic E-state index is -0.250. The molecule has 1 aliphatic carbocycles. The third kappa shape index (κ3) is 7.16. The normalized spacial score (nSPS) is 16.5. The van der Waals surface area contributed by atoms with Crippen molar-refractivity contribution in [2.24, 2.45) is 0 Å². The average molecular weight is 555 g/mol. The van der Waals surface area contributed by atoms with Gasteiger partial charge >= 0.3 is 0 Å². The molecule has 9 nitrogen and oxygen atoms in total. The number of rotatable bonds is 7. The third-order valence-corrected chi connectivity index (χ3v) is 7.61. The molecule has 0 unspecified atom stereocenters. The quantitative estimate of drug-likeness (QED) is 0.181. The van der Waals surface area contributed by atoms with Gasteiger partial charge in [-0.2, -0.15) is 4.98 Å². The molecule has 1 saturated carbocycles. The Kier molecular flexibility index (Phi) is 8.89. The zero-order chi connectivity index (χ0) is 27.7. The molecule has 1 aliphatic rings. The highest BCUT2D eigenvalue weighted by molar-refractivity contribution is 7.22. The van der Waals surface area contributed by atoms with E-state index in [-0.39, 0.29) is 18.6 Å². The Balaban J connectivity index is 0.00000103. The van der Waals surface area contributed by atoms with E-state index >= 15 is 0 Å². The van der Waals surface area contributed by atoms with Gasteiger partial charge in [0.05, 0.1) is 22.0 Å². The Hall–Kier alpha value is -4.41. The topological polar surface area (TPSA) is 133 Å². The number of hydrogen-bond acceptors (Lipinski definition) is 9. The second-order valence-electron chi connectivity index (χ2n) is 9.55. The zero-order valence-corrected chi connectivity index (χ0v) is 22.6. The monoisotopic (exact) mass is 554 g/mol. The first kappa shape index (κ1) is 27.2. The molecule has 2 aromatic carbocycles. The lowest BCUT2D eigenvalue weighted by atomic mass is 9.93. The molecule has 40 heavy (non-hydrogen) atoms. The Bertz CT molecular complexity index is 1540. The van der Waals surface area contributed by atoms with Crippen molar-refractivity contribution in [2.45, 2.75) is 44.2 Å². The van der Waals surface area contributed by atoms with Gasteiger partial charge in [-0.15, -0.1) is 0 Å². The van der Waals surface area contributed by atoms with Gasteiger partial charge in [-0.3, -0.25) is 9.78 Å². The molecule has 0 aliphatic heterocycles. The first-order valence-electron chi connectivity index (χ1n) is 13.1. The van der Waals surface area contributed by atoms with Crippen LogP contribution in [0.3, 0.4) is 0 Å². The van der Waals surface area contributed by atoms with Crippen LogP contribution in [0.2, 0.25) is 0 Å². The van der Waals surface area contributed by atoms with Crippen molar-refractivity contribution in [3.8, 4) is 11.1 Å². The maximum Gasteiger partial charge on any atom is 0.290 e. The molecule has 0 radical (unpaired) electrons. The van der Waals surface area contributed by atoms with E-state index in [1.807, 2.05) is 48.8 Å². The summed E-state index contributed by atoms with van der Waals surface area (Å²) in [6.07, 6.45) is 7.57. The van der Waals surface area contributed by atoms with E-state index in [4.69, 9.17) is 24.9 Å². The van der Waals surface area contributed by atoms with Crippen molar-refractivity contribution < 1.29 is 15.0 Å². The Morgan fingerprint density at radius 2 is 1.65 bits per heavy atom. The molecule has 1 fully saturated rings. The fraction of sp³-hybridized carbons (Fsp3) is 0.233. The Morgan fingerprint density at radius 3 is 2.40 bits per heavy atom. The number of aliphatic hydroxyl groups is 1. The number of nitrogens with zero attached hydrogens (tertiary/aromatic N) is 4. The second kappa shape index (κ2) is 13.1. The predicted octanol–water partition coefficient (Wildman–Crippen LogP) is 5.90. The highest BCUT2D eigenvalue weighted by Crippen LogP contribution is 2.32. The summed E-state index contributed by atoms with van der Waals surface area (Å²) in [6.45, 7) is -0.250. The fourth-order valence-corrected chi connectivity index (χ4v) is 5.65. The summed E-state index contributed by atoms with van der Waals surface area (Å²) in [4.78, 5) is 26.9. The largest absolute Gasteiger partial charge is 0.483 e. The van der Waals surface area contributed by atoms with Gasteiger partial charge < -0.3 is 20.8 Å². The van der Waals surface area contributed by atoms with Crippen molar-refractivity contribution in [1.29, 1.82) is 0 Å². The summed E-state index contributed by atoms with van der Waals surface area (Å²) in [6, 6.07) is 22.9. The molecular weight excluding hydrogens is 524 g/mol. The lowest BCUT2D eigenvalue weighted by molar-refractivity contribution is -0.122. The highest BCUT2D eigenvalue weighted by Gasteiger charge is 2.20. The van der Waals surface area contributed by atoms with Gasteiger partial charge in [0.1, 0.15) is 5.82 Å². The fourth-order valence-electron chi connectivity index (χ4n) is 4.74. The molecule has 3 aromatic heterocycles. The minimum absolute atomic E-state index is 0.196. The summed E-state index contributed by atoms with van der Waals surface area (Å²) in [5.74, 6) is 1.33. The van der Waals surface area contributed by atoms with Gasteiger partial charge in [0.25, 0.3) is 6.47 Å². The number of aliphatic hydroxyl groups excluding tert-OH is 1. The number of nitrogens with one attached hydrogen (secondary N) is 2. The highest BCUT2D eigenvalue weighted by atomic mass is 32.1. The SMILES string of the molecule is O=CO.O[C@H]1CC[C@H](Nc2nc(Cc3ccccc3)cc(Nc3nc4ccc(-c5ccncc5)cc4s3)n2)CC1. The van der Waals surface area contributed by atoms with Crippen molar-refractivity contribution in [3.05, 3.63) is 90.4 Å². The summed E-state index contributed by atoms with van der Waals surface area (Å²) in [7, 11) is 0. The van der Waals surface area contributed by atoms with Crippen molar-refractivity contribution >= 4 is 44.9 Å². The first-order chi connectivity index (χ1) is 19.6. The Morgan fingerprint density at radius 1 is 0.900 bits per heavy atom. The van der Waals surface area contributed by atoms with Crippen LogP contribution in [0.4, 0.5) is 16.9 Å². The smallest absolute Gasteiger partial charge is 0.290 e. The number of anilines is 3. The van der Waals surface area contributed by atoms with E-state index in [2.05, 4.69) is 45.9 Å². The van der Waals surface area contributed by atoms with Gasteiger partial charge in [0.15, 0.2) is 5.13 Å². The van der Waals surface area contributed by atoms with Crippen LogP contribution in [-0.2, 0) is 11.2 Å². The van der Waals surface area contributed by atoms with E-state index in [0.717, 1.165) is 57.9 Å². The predicted molar refractivity (Wildman–Crippen MR) is 158 cm³/mol. The molecule has 3 heterocycles. The number of carboxylic acid groups (broad SMARTS) is 1. The van der Waals surface area contributed by atoms with Crippen LogP contribution in [0.1, 0.15) is 36.9 Å². The number of benzene rings is 2. The van der Waals surface area contributed by atoms with Crippen molar-refractivity contribution in [3.63, 3.8) is 0 Å². The number of thiazole rings is 1. The molecule has 4 N–H and O–H groups in total. The lowest BCUT2D eigenvalue weighted by Crippen LogP contribution is -2.29. The van der Waals surface area contributed by atoms with Crippen LogP contribution in [0.15, 0.2) is 79.1 Å². The van der Waals surface area contributed by atoms with Gasteiger partial charge in [-0.1, -0.05) is 47.7 Å². The van der Waals surface area contributed by atoms with E-state index in [1.54, 1.807) is 11.3 Å². The molecule has 0 bridgehead atoms. The van der Waals surface area contributed by atoms with Gasteiger partial charge in [-0.25, -0.2) is 9.97 Å². The lowest BCUT2D eigenvalue weighted by Gasteiger charge is -2.26. The maximum absolute atomic E-state index is 9.87.